The number of amides is 2. The lowest BCUT2D eigenvalue weighted by Gasteiger charge is -2.26. The van der Waals surface area contributed by atoms with Crippen LogP contribution in [-0.4, -0.2) is 120 Å². The number of likely N-dealkylation sites (N-methyl/N-ethyl adjacent to an activating group) is 2. The van der Waals surface area contributed by atoms with Crippen molar-refractivity contribution in [3.05, 3.63) is 84.8 Å². The fourth-order valence-corrected chi connectivity index (χ4v) is 8.56. The molecule has 16 nitrogen and oxygen atoms in total. The highest BCUT2D eigenvalue weighted by molar-refractivity contribution is 5.87. The number of fused-ring (bicyclic) bond motifs is 2. The SMILES string of the molecule is CCC(=O)CCCCC[C@H](NC(=O)[C@@H](CC(F)(F)F)N(C)C)c1ncc(-c2cc3ccccc3nc2OC)o1.CCC(=O)CCCCC[C@H](NC(=O)[C@H](CC(F)(F)F)N(C)C)c1ncc(-c2cc3ccccc3nc2OC)o1. The second-order valence-corrected chi connectivity index (χ2v) is 19.3. The molecule has 4 atom stereocenters. The normalized spacial score (nSPS) is 13.4. The maximum atomic E-state index is 13.2. The Hall–Kier alpha value is -6.94. The molecule has 2 aromatic carbocycles. The number of nitrogens with zero attached hydrogens (tertiary/aromatic N) is 6. The molecule has 0 aliphatic carbocycles. The molecule has 0 aliphatic rings. The number of para-hydroxylation sites is 2. The van der Waals surface area contributed by atoms with Crippen molar-refractivity contribution in [2.24, 2.45) is 0 Å². The number of carbonyl (C=O) groups is 4. The van der Waals surface area contributed by atoms with Crippen molar-refractivity contribution in [3.63, 3.8) is 0 Å². The van der Waals surface area contributed by atoms with E-state index >= 15 is 0 Å². The van der Waals surface area contributed by atoms with E-state index in [0.29, 0.717) is 111 Å². The fourth-order valence-electron chi connectivity index (χ4n) is 8.56. The first-order chi connectivity index (χ1) is 37.0. The Labute approximate surface area is 450 Å². The van der Waals surface area contributed by atoms with Gasteiger partial charge >= 0.3 is 12.4 Å². The summed E-state index contributed by atoms with van der Waals surface area (Å²) < 4.78 is 102. The van der Waals surface area contributed by atoms with Crippen LogP contribution in [0.15, 0.2) is 81.9 Å². The Morgan fingerprint density at radius 3 is 1.28 bits per heavy atom. The molecule has 0 fully saturated rings. The number of Topliss-reactive ketones (excluding diaryl/α,β-unsaturated/α-hetero) is 2. The van der Waals surface area contributed by atoms with Gasteiger partial charge in [-0.05, 0) is 78.1 Å². The number of unbranched alkanes of at least 4 members (excludes halogenated alkanes) is 4. The summed E-state index contributed by atoms with van der Waals surface area (Å²) in [6.07, 6.45) is -1.89. The summed E-state index contributed by atoms with van der Waals surface area (Å²) in [6, 6.07) is 14.4. The van der Waals surface area contributed by atoms with Crippen molar-refractivity contribution in [2.75, 3.05) is 42.4 Å². The summed E-state index contributed by atoms with van der Waals surface area (Å²) in [4.78, 5) is 69.4. The van der Waals surface area contributed by atoms with Gasteiger partial charge in [0.15, 0.2) is 11.5 Å². The molecule has 2 amide bonds. The average molecular weight is 1100 g/mol. The number of hydrogen-bond acceptors (Lipinski definition) is 14. The number of hydrogen-bond donors (Lipinski definition) is 2. The monoisotopic (exact) mass is 1100 g/mol. The van der Waals surface area contributed by atoms with Gasteiger partial charge in [0.2, 0.25) is 35.4 Å². The van der Waals surface area contributed by atoms with Crippen LogP contribution < -0.4 is 20.1 Å². The van der Waals surface area contributed by atoms with Crippen LogP contribution in [0, 0.1) is 0 Å². The van der Waals surface area contributed by atoms with Gasteiger partial charge in [0, 0.05) is 36.5 Å². The van der Waals surface area contributed by atoms with Gasteiger partial charge in [0.25, 0.3) is 0 Å². The van der Waals surface area contributed by atoms with Gasteiger partial charge < -0.3 is 28.9 Å². The summed E-state index contributed by atoms with van der Waals surface area (Å²) in [5, 5.41) is 7.16. The van der Waals surface area contributed by atoms with Crippen LogP contribution in [0.5, 0.6) is 11.8 Å². The van der Waals surface area contributed by atoms with Crippen molar-refractivity contribution in [1.29, 1.82) is 0 Å². The molecule has 0 spiro atoms. The first-order valence-corrected chi connectivity index (χ1v) is 25.9. The van der Waals surface area contributed by atoms with Crippen LogP contribution in [0.3, 0.4) is 0 Å². The van der Waals surface area contributed by atoms with Gasteiger partial charge in [0.05, 0.1) is 73.7 Å². The zero-order valence-corrected chi connectivity index (χ0v) is 45.4. The average Bonchev–Trinajstić information content (AvgIpc) is 4.12. The standard InChI is InChI=1S/2C28H35F3N4O4/c2*1-5-19(36)12-7-6-8-14-22(33-25(37)23(35(2)3)16-28(29,30)31)27-32-17-24(39-27)20-15-18-11-9-10-13-21(18)34-26(20)38-4/h2*9-11,13,15,17,22-23H,5-8,12,14,16H2,1-4H3,(H,33,37)/t22-,23+;22-,23-/m00/s1. The van der Waals surface area contributed by atoms with E-state index in [1.807, 2.05) is 74.5 Å². The number of alkyl halides is 6. The Balaban J connectivity index is 0.000000287. The van der Waals surface area contributed by atoms with Gasteiger partial charge in [-0.25, -0.2) is 19.9 Å². The minimum absolute atomic E-state index is 0.169. The molecule has 424 valence electrons. The number of benzene rings is 2. The first-order valence-electron chi connectivity index (χ1n) is 25.9. The first kappa shape index (κ1) is 61.9. The Morgan fingerprint density at radius 2 is 0.949 bits per heavy atom. The van der Waals surface area contributed by atoms with E-state index in [4.69, 9.17) is 18.3 Å². The van der Waals surface area contributed by atoms with Crippen molar-refractivity contribution in [3.8, 4) is 34.4 Å². The number of aromatic nitrogens is 4. The minimum atomic E-state index is -4.51. The van der Waals surface area contributed by atoms with Crippen LogP contribution in [0.1, 0.15) is 128 Å². The number of methoxy groups -OCH3 is 2. The number of rotatable bonds is 28. The van der Waals surface area contributed by atoms with Gasteiger partial charge in [0.1, 0.15) is 23.7 Å². The molecule has 0 unspecified atom stereocenters. The summed E-state index contributed by atoms with van der Waals surface area (Å²) >= 11 is 0. The lowest BCUT2D eigenvalue weighted by molar-refractivity contribution is -0.155. The Morgan fingerprint density at radius 1 is 0.577 bits per heavy atom. The number of ether oxygens (including phenoxy) is 2. The number of nitrogens with one attached hydrogen (secondary N) is 2. The predicted octanol–water partition coefficient (Wildman–Crippen LogP) is 11.7. The van der Waals surface area contributed by atoms with E-state index in [1.54, 1.807) is 0 Å². The van der Waals surface area contributed by atoms with Gasteiger partial charge in [-0.3, -0.25) is 29.0 Å². The third-order valence-corrected chi connectivity index (χ3v) is 13.0. The highest BCUT2D eigenvalue weighted by atomic mass is 19.4. The molecule has 0 radical (unpaired) electrons. The van der Waals surface area contributed by atoms with Crippen LogP contribution in [0.4, 0.5) is 26.3 Å². The fraction of sp³-hybridized carbons (Fsp3) is 0.500. The van der Waals surface area contributed by atoms with Crippen molar-refractivity contribution in [1.82, 2.24) is 40.4 Å². The molecule has 6 aromatic rings. The third kappa shape index (κ3) is 18.6. The quantitative estimate of drug-likeness (QED) is 0.0348. The molecule has 22 heteroatoms. The van der Waals surface area contributed by atoms with E-state index in [9.17, 15) is 45.5 Å². The molecule has 4 heterocycles. The second-order valence-electron chi connectivity index (χ2n) is 19.3. The summed E-state index contributed by atoms with van der Waals surface area (Å²) in [6.45, 7) is 3.63. The van der Waals surface area contributed by atoms with E-state index in [1.165, 1.54) is 64.6 Å². The Bertz CT molecular complexity index is 2710. The molecule has 0 bridgehead atoms. The van der Waals surface area contributed by atoms with Crippen LogP contribution in [0.2, 0.25) is 0 Å². The molecule has 0 aliphatic heterocycles. The highest BCUT2D eigenvalue weighted by Crippen LogP contribution is 2.36. The van der Waals surface area contributed by atoms with E-state index in [2.05, 4.69) is 30.6 Å². The lowest BCUT2D eigenvalue weighted by Crippen LogP contribution is -2.47. The maximum absolute atomic E-state index is 13.2. The molecule has 78 heavy (non-hydrogen) atoms. The molecular formula is C56H70F6N8O8. The van der Waals surface area contributed by atoms with Crippen LogP contribution in [0.25, 0.3) is 44.5 Å². The van der Waals surface area contributed by atoms with E-state index in [-0.39, 0.29) is 23.3 Å². The number of carbonyl (C=O) groups excluding carboxylic acids is 4. The number of oxazole rings is 2. The van der Waals surface area contributed by atoms with E-state index in [0.717, 1.165) is 21.8 Å². The predicted molar refractivity (Wildman–Crippen MR) is 282 cm³/mol. The highest BCUT2D eigenvalue weighted by Gasteiger charge is 2.39. The lowest BCUT2D eigenvalue weighted by atomic mass is 10.0. The topological polar surface area (TPSA) is 195 Å². The maximum Gasteiger partial charge on any atom is 0.391 e. The van der Waals surface area contributed by atoms with Crippen molar-refractivity contribution >= 4 is 45.2 Å². The van der Waals surface area contributed by atoms with Crippen LogP contribution >= 0.6 is 0 Å². The molecule has 6 rings (SSSR count). The smallest absolute Gasteiger partial charge is 0.391 e. The Kier molecular flexibility index (Phi) is 23.1. The van der Waals surface area contributed by atoms with Gasteiger partial charge in [-0.15, -0.1) is 0 Å². The van der Waals surface area contributed by atoms with Crippen molar-refractivity contribution in [2.45, 2.75) is 140 Å². The summed E-state index contributed by atoms with van der Waals surface area (Å²) in [5.41, 5.74) is 2.59. The number of pyridine rings is 2. The minimum Gasteiger partial charge on any atom is -0.480 e. The van der Waals surface area contributed by atoms with Gasteiger partial charge in [-0.2, -0.15) is 26.3 Å². The molecular weight excluding hydrogens is 1030 g/mol. The zero-order valence-electron chi connectivity index (χ0n) is 45.4. The zero-order chi connectivity index (χ0) is 57.2. The molecule has 4 aromatic heterocycles. The second kappa shape index (κ2) is 29.2. The van der Waals surface area contributed by atoms with Crippen LogP contribution in [-0.2, 0) is 19.2 Å². The van der Waals surface area contributed by atoms with E-state index < -0.39 is 61.2 Å². The summed E-state index contributed by atoms with van der Waals surface area (Å²) in [7, 11) is 8.70. The number of ketones is 2. The largest absolute Gasteiger partial charge is 0.480 e. The molecule has 0 saturated carbocycles. The van der Waals surface area contributed by atoms with Gasteiger partial charge in [-0.1, -0.05) is 75.9 Å². The molecule has 0 saturated heterocycles. The summed E-state index contributed by atoms with van der Waals surface area (Å²) in [5.74, 6) is 0.518. The molecule has 2 N–H and O–H groups in total. The third-order valence-electron chi connectivity index (χ3n) is 13.0. The van der Waals surface area contributed by atoms with Crippen molar-refractivity contribution < 1.29 is 63.8 Å². The number of halogens is 6.